The van der Waals surface area contributed by atoms with Gasteiger partial charge in [-0.3, -0.25) is 0 Å². The first-order valence-electron chi connectivity index (χ1n) is 9.01. The summed E-state index contributed by atoms with van der Waals surface area (Å²) in [6.07, 6.45) is 11.7. The molecule has 6 atom stereocenters. The van der Waals surface area contributed by atoms with Crippen molar-refractivity contribution in [2.45, 2.75) is 79.1 Å². The maximum absolute atomic E-state index is 4.50. The summed E-state index contributed by atoms with van der Waals surface area (Å²) in [7, 11) is 0. The topological polar surface area (TPSA) is 0 Å². The number of allylic oxidation sites excluding steroid dienone is 1. The minimum atomic E-state index is 0.562. The van der Waals surface area contributed by atoms with E-state index in [1.54, 1.807) is 5.57 Å². The van der Waals surface area contributed by atoms with E-state index < -0.39 is 0 Å². The molecule has 0 nitrogen and oxygen atoms in total. The monoisotopic (exact) mass is 272 g/mol. The zero-order valence-electron chi connectivity index (χ0n) is 14.0. The van der Waals surface area contributed by atoms with Gasteiger partial charge in [0.2, 0.25) is 0 Å². The third-order valence-corrected chi connectivity index (χ3v) is 9.27. The molecule has 4 aliphatic rings. The second-order valence-electron chi connectivity index (χ2n) is 9.41. The standard InChI is InChI=1S/C20H32/c1-14-13-18(5)10-11-19-15(2)7-6-8-17(19,4)9-12-20(18,19)16(14)3/h15-16H,1,6-13H2,2-5H3/t15-,16+,17?,18+,19-,20?/m0/s1. The molecule has 4 aliphatic carbocycles. The predicted octanol–water partition coefficient (Wildman–Crippen LogP) is 5.98. The highest BCUT2D eigenvalue weighted by Gasteiger charge is 2.78. The summed E-state index contributed by atoms with van der Waals surface area (Å²) in [5.41, 5.74) is 3.99. The third-order valence-electron chi connectivity index (χ3n) is 9.27. The first-order valence-corrected chi connectivity index (χ1v) is 9.01. The van der Waals surface area contributed by atoms with Gasteiger partial charge in [-0.25, -0.2) is 0 Å². The Bertz CT molecular complexity index is 476. The van der Waals surface area contributed by atoms with E-state index in [4.69, 9.17) is 0 Å². The van der Waals surface area contributed by atoms with E-state index in [-0.39, 0.29) is 0 Å². The second kappa shape index (κ2) is 3.55. The van der Waals surface area contributed by atoms with Crippen LogP contribution in [0.3, 0.4) is 0 Å². The fourth-order valence-electron chi connectivity index (χ4n) is 8.57. The lowest BCUT2D eigenvalue weighted by Gasteiger charge is -2.59. The highest BCUT2D eigenvalue weighted by atomic mass is 14.8. The van der Waals surface area contributed by atoms with Crippen molar-refractivity contribution >= 4 is 0 Å². The van der Waals surface area contributed by atoms with Crippen molar-refractivity contribution < 1.29 is 0 Å². The van der Waals surface area contributed by atoms with Crippen LogP contribution in [0, 0.1) is 33.5 Å². The summed E-state index contributed by atoms with van der Waals surface area (Å²) in [4.78, 5) is 0. The van der Waals surface area contributed by atoms with E-state index in [0.29, 0.717) is 21.7 Å². The molecule has 0 aliphatic heterocycles. The van der Waals surface area contributed by atoms with E-state index >= 15 is 0 Å². The third kappa shape index (κ3) is 1.05. The van der Waals surface area contributed by atoms with Crippen molar-refractivity contribution in [3.63, 3.8) is 0 Å². The first-order chi connectivity index (χ1) is 9.33. The molecule has 0 bridgehead atoms. The van der Waals surface area contributed by atoms with E-state index in [9.17, 15) is 0 Å². The molecule has 0 saturated heterocycles. The highest BCUT2D eigenvalue weighted by molar-refractivity contribution is 5.34. The Hall–Kier alpha value is -0.260. The van der Waals surface area contributed by atoms with Gasteiger partial charge in [-0.15, -0.1) is 0 Å². The Balaban J connectivity index is 1.97. The molecule has 0 radical (unpaired) electrons. The molecule has 0 aromatic heterocycles. The molecule has 20 heavy (non-hydrogen) atoms. The zero-order chi connectivity index (χ0) is 14.4. The van der Waals surface area contributed by atoms with Crippen molar-refractivity contribution in [3.8, 4) is 0 Å². The van der Waals surface area contributed by atoms with Gasteiger partial charge in [0.25, 0.3) is 0 Å². The molecule has 0 aromatic carbocycles. The first kappa shape index (κ1) is 13.4. The van der Waals surface area contributed by atoms with Crippen LogP contribution < -0.4 is 0 Å². The SMILES string of the molecule is C=C1C[C@@]2(C)CC[C@]34[C@@H](C)CCCC3(C)CCC24[C@@H]1C. The lowest BCUT2D eigenvalue weighted by molar-refractivity contribution is -0.116. The quantitative estimate of drug-likeness (QED) is 0.476. The van der Waals surface area contributed by atoms with Crippen molar-refractivity contribution in [1.29, 1.82) is 0 Å². The van der Waals surface area contributed by atoms with Gasteiger partial charge < -0.3 is 0 Å². The molecule has 0 amide bonds. The molecule has 2 spiro atoms. The number of rotatable bonds is 0. The van der Waals surface area contributed by atoms with E-state index in [2.05, 4.69) is 34.3 Å². The lowest BCUT2D eigenvalue weighted by atomic mass is 9.44. The smallest absolute Gasteiger partial charge is 0.0113 e. The van der Waals surface area contributed by atoms with Crippen LogP contribution in [-0.2, 0) is 0 Å². The molecule has 0 heterocycles. The predicted molar refractivity (Wildman–Crippen MR) is 85.5 cm³/mol. The van der Waals surface area contributed by atoms with Crippen molar-refractivity contribution in [1.82, 2.24) is 0 Å². The second-order valence-corrected chi connectivity index (χ2v) is 9.41. The summed E-state index contributed by atoms with van der Waals surface area (Å²) in [6.45, 7) is 14.9. The largest absolute Gasteiger partial charge is 0.0995 e. The van der Waals surface area contributed by atoms with Crippen LogP contribution in [0.25, 0.3) is 0 Å². The summed E-state index contributed by atoms with van der Waals surface area (Å²) in [5.74, 6) is 1.69. The minimum absolute atomic E-state index is 0.562. The van der Waals surface area contributed by atoms with Crippen LogP contribution in [-0.4, -0.2) is 0 Å². The van der Waals surface area contributed by atoms with Gasteiger partial charge in [0.1, 0.15) is 0 Å². The Labute approximate surface area is 125 Å². The summed E-state index contributed by atoms with van der Waals surface area (Å²) >= 11 is 0. The Kier molecular flexibility index (Phi) is 2.38. The van der Waals surface area contributed by atoms with Crippen LogP contribution in [0.15, 0.2) is 12.2 Å². The fourth-order valence-corrected chi connectivity index (χ4v) is 8.57. The normalized spacial score (nSPS) is 61.3. The van der Waals surface area contributed by atoms with Crippen LogP contribution in [0.5, 0.6) is 0 Å². The minimum Gasteiger partial charge on any atom is -0.0995 e. The van der Waals surface area contributed by atoms with Gasteiger partial charge >= 0.3 is 0 Å². The van der Waals surface area contributed by atoms with Gasteiger partial charge in [-0.2, -0.15) is 0 Å². The average Bonchev–Trinajstić information content (AvgIpc) is 2.88. The summed E-state index contributed by atoms with van der Waals surface area (Å²) in [5, 5.41) is 0. The molecule has 4 rings (SSSR count). The molecule has 4 fully saturated rings. The Morgan fingerprint density at radius 2 is 1.55 bits per heavy atom. The summed E-state index contributed by atoms with van der Waals surface area (Å²) in [6, 6.07) is 0. The molecular formula is C20H32. The maximum Gasteiger partial charge on any atom is -0.0113 e. The van der Waals surface area contributed by atoms with E-state index in [1.807, 2.05) is 0 Å². The summed E-state index contributed by atoms with van der Waals surface area (Å²) < 4.78 is 0. The van der Waals surface area contributed by atoms with Gasteiger partial charge in [-0.1, -0.05) is 52.7 Å². The van der Waals surface area contributed by atoms with Crippen LogP contribution in [0.4, 0.5) is 0 Å². The fraction of sp³-hybridized carbons (Fsp3) is 0.900. The Morgan fingerprint density at radius 3 is 2.30 bits per heavy atom. The molecule has 4 saturated carbocycles. The average molecular weight is 272 g/mol. The number of hydrogen-bond donors (Lipinski definition) is 0. The Morgan fingerprint density at radius 1 is 0.900 bits per heavy atom. The van der Waals surface area contributed by atoms with Gasteiger partial charge in [0.05, 0.1) is 0 Å². The molecular weight excluding hydrogens is 240 g/mol. The van der Waals surface area contributed by atoms with Crippen LogP contribution in [0.2, 0.25) is 0 Å². The van der Waals surface area contributed by atoms with Gasteiger partial charge in [0.15, 0.2) is 0 Å². The van der Waals surface area contributed by atoms with Crippen molar-refractivity contribution in [2.24, 2.45) is 33.5 Å². The lowest BCUT2D eigenvalue weighted by Crippen LogP contribution is -2.54. The van der Waals surface area contributed by atoms with Crippen molar-refractivity contribution in [3.05, 3.63) is 12.2 Å². The van der Waals surface area contributed by atoms with Crippen LogP contribution >= 0.6 is 0 Å². The van der Waals surface area contributed by atoms with Crippen LogP contribution in [0.1, 0.15) is 79.1 Å². The molecule has 0 aromatic rings. The molecule has 0 N–H and O–H groups in total. The maximum atomic E-state index is 4.50. The molecule has 2 unspecified atom stereocenters. The van der Waals surface area contributed by atoms with Crippen molar-refractivity contribution in [2.75, 3.05) is 0 Å². The number of hydrogen-bond acceptors (Lipinski definition) is 0. The molecule has 112 valence electrons. The zero-order valence-corrected chi connectivity index (χ0v) is 14.0. The van der Waals surface area contributed by atoms with Gasteiger partial charge in [0, 0.05) is 0 Å². The molecule has 0 heteroatoms. The van der Waals surface area contributed by atoms with E-state index in [1.165, 1.54) is 51.4 Å². The van der Waals surface area contributed by atoms with Gasteiger partial charge in [-0.05, 0) is 72.0 Å². The van der Waals surface area contributed by atoms with E-state index in [0.717, 1.165) is 11.8 Å². The highest BCUT2D eigenvalue weighted by Crippen LogP contribution is 2.86.